The number of rotatable bonds is 2. The molecule has 0 atom stereocenters. The van der Waals surface area contributed by atoms with Gasteiger partial charge in [0.1, 0.15) is 0 Å². The van der Waals surface area contributed by atoms with Gasteiger partial charge in [-0.2, -0.15) is 0 Å². The molecule has 2 N–H and O–H groups in total. The summed E-state index contributed by atoms with van der Waals surface area (Å²) in [7, 11) is 0. The molecule has 2 aromatic rings. The van der Waals surface area contributed by atoms with Gasteiger partial charge >= 0.3 is 0 Å². The zero-order valence-electron chi connectivity index (χ0n) is 14.1. The van der Waals surface area contributed by atoms with Crippen LogP contribution in [-0.4, -0.2) is 11.8 Å². The molecule has 4 heteroatoms. The fourth-order valence-corrected chi connectivity index (χ4v) is 3.16. The summed E-state index contributed by atoms with van der Waals surface area (Å²) in [6.07, 6.45) is 3.40. The van der Waals surface area contributed by atoms with Crippen LogP contribution in [0.25, 0.3) is 0 Å². The Hall–Kier alpha value is -2.62. The molecule has 0 fully saturated rings. The maximum Gasteiger partial charge on any atom is 0.221 e. The maximum absolute atomic E-state index is 11.5. The third kappa shape index (κ3) is 3.82. The first-order valence-electron chi connectivity index (χ1n) is 8.30. The Morgan fingerprint density at radius 2 is 1.12 bits per heavy atom. The lowest BCUT2D eigenvalue weighted by Gasteiger charge is -2.17. The third-order valence-corrected chi connectivity index (χ3v) is 4.34. The molecule has 0 spiro atoms. The van der Waals surface area contributed by atoms with Crippen molar-refractivity contribution in [3.05, 3.63) is 58.7 Å². The number of hydrogen-bond donors (Lipinski definition) is 2. The van der Waals surface area contributed by atoms with Crippen molar-refractivity contribution in [2.75, 3.05) is 10.6 Å². The van der Waals surface area contributed by atoms with Crippen LogP contribution in [0, 0.1) is 0 Å². The molecule has 0 unspecified atom stereocenters. The lowest BCUT2D eigenvalue weighted by molar-refractivity contribution is -0.115. The number of aryl methyl sites for hydroxylation is 4. The molecule has 0 aliphatic heterocycles. The Morgan fingerprint density at radius 1 is 0.708 bits per heavy atom. The lowest BCUT2D eigenvalue weighted by atomic mass is 9.94. The van der Waals surface area contributed by atoms with E-state index in [2.05, 4.69) is 47.0 Å². The van der Waals surface area contributed by atoms with Gasteiger partial charge in [0.15, 0.2) is 0 Å². The molecule has 0 heterocycles. The molecule has 4 aliphatic rings. The van der Waals surface area contributed by atoms with Crippen LogP contribution in [0.3, 0.4) is 0 Å². The van der Waals surface area contributed by atoms with E-state index in [9.17, 15) is 9.59 Å². The number of hydrogen-bond acceptors (Lipinski definition) is 2. The first-order chi connectivity index (χ1) is 11.5. The van der Waals surface area contributed by atoms with Gasteiger partial charge in [0.05, 0.1) is 0 Å². The fourth-order valence-electron chi connectivity index (χ4n) is 3.16. The Bertz CT molecular complexity index is 729. The lowest BCUT2D eigenvalue weighted by Crippen LogP contribution is -2.12. The van der Waals surface area contributed by atoms with Crippen LogP contribution < -0.4 is 10.6 Å². The number of nitrogens with one attached hydrogen (secondary N) is 2. The Balaban J connectivity index is 1.98. The van der Waals surface area contributed by atoms with Crippen molar-refractivity contribution < 1.29 is 9.59 Å². The summed E-state index contributed by atoms with van der Waals surface area (Å²) in [4.78, 5) is 23.0. The smallest absolute Gasteiger partial charge is 0.221 e. The average molecular weight is 322 g/mol. The van der Waals surface area contributed by atoms with Gasteiger partial charge in [-0.15, -0.1) is 0 Å². The normalized spacial score (nSPS) is 13.1. The van der Waals surface area contributed by atoms with E-state index in [1.54, 1.807) is 0 Å². The summed E-state index contributed by atoms with van der Waals surface area (Å²) in [5, 5.41) is 5.89. The third-order valence-electron chi connectivity index (χ3n) is 4.34. The second-order valence-corrected chi connectivity index (χ2v) is 6.35. The van der Waals surface area contributed by atoms with Crippen LogP contribution in [0.15, 0.2) is 36.4 Å². The molecule has 0 aromatic heterocycles. The van der Waals surface area contributed by atoms with E-state index in [4.69, 9.17) is 0 Å². The van der Waals surface area contributed by atoms with Gasteiger partial charge in [-0.3, -0.25) is 9.59 Å². The summed E-state index contributed by atoms with van der Waals surface area (Å²) < 4.78 is 0. The minimum absolute atomic E-state index is 0.0530. The number of carbonyl (C=O) groups is 2. The fraction of sp³-hybridized carbons (Fsp3) is 0.300. The van der Waals surface area contributed by atoms with Crippen molar-refractivity contribution in [3.63, 3.8) is 0 Å². The molecular formula is C20H22N2O2. The first-order valence-corrected chi connectivity index (χ1v) is 8.30. The molecule has 6 rings (SSSR count). The first kappa shape index (κ1) is 16.2. The molecule has 4 bridgehead atoms. The molecule has 0 saturated heterocycles. The number of carbonyl (C=O) groups excluding carboxylic acids is 2. The second kappa shape index (κ2) is 6.87. The molecule has 4 nitrogen and oxygen atoms in total. The summed E-state index contributed by atoms with van der Waals surface area (Å²) in [5.74, 6) is -0.106. The second-order valence-electron chi connectivity index (χ2n) is 6.35. The maximum atomic E-state index is 11.5. The predicted molar refractivity (Wildman–Crippen MR) is 96.3 cm³/mol. The van der Waals surface area contributed by atoms with E-state index >= 15 is 0 Å². The minimum Gasteiger partial charge on any atom is -0.326 e. The molecular weight excluding hydrogens is 300 g/mol. The number of anilines is 2. The molecule has 124 valence electrons. The minimum atomic E-state index is -0.0530. The molecule has 4 aliphatic carbocycles. The zero-order valence-corrected chi connectivity index (χ0v) is 14.1. The van der Waals surface area contributed by atoms with Crippen LogP contribution in [0.2, 0.25) is 0 Å². The summed E-state index contributed by atoms with van der Waals surface area (Å²) in [5.41, 5.74) is 6.44. The quantitative estimate of drug-likeness (QED) is 0.889. The highest BCUT2D eigenvalue weighted by atomic mass is 16.2. The average Bonchev–Trinajstić information content (AvgIpc) is 2.50. The van der Waals surface area contributed by atoms with Gasteiger partial charge < -0.3 is 10.6 Å². The van der Waals surface area contributed by atoms with Crippen LogP contribution in [-0.2, 0) is 35.3 Å². The summed E-state index contributed by atoms with van der Waals surface area (Å²) >= 11 is 0. The Kier molecular flexibility index (Phi) is 4.65. The van der Waals surface area contributed by atoms with E-state index in [1.807, 2.05) is 0 Å². The van der Waals surface area contributed by atoms with Crippen LogP contribution in [0.1, 0.15) is 36.1 Å². The highest BCUT2D eigenvalue weighted by molar-refractivity contribution is 5.90. The molecule has 0 saturated carbocycles. The van der Waals surface area contributed by atoms with Crippen molar-refractivity contribution in [2.45, 2.75) is 39.5 Å². The van der Waals surface area contributed by atoms with Gasteiger partial charge in [0.25, 0.3) is 0 Å². The van der Waals surface area contributed by atoms with Crippen molar-refractivity contribution in [2.24, 2.45) is 0 Å². The SMILES string of the molecule is CC(=O)Nc1cc2ccc1CCc1ccc(cc1NC(C)=O)CC2. The van der Waals surface area contributed by atoms with Crippen molar-refractivity contribution in [3.8, 4) is 0 Å². The van der Waals surface area contributed by atoms with E-state index in [0.717, 1.165) is 48.2 Å². The van der Waals surface area contributed by atoms with Crippen LogP contribution >= 0.6 is 0 Å². The van der Waals surface area contributed by atoms with Gasteiger partial charge in [0.2, 0.25) is 11.8 Å². The van der Waals surface area contributed by atoms with Gasteiger partial charge in [-0.1, -0.05) is 24.3 Å². The van der Waals surface area contributed by atoms with Crippen molar-refractivity contribution in [1.82, 2.24) is 0 Å². The highest BCUT2D eigenvalue weighted by Gasteiger charge is 2.12. The topological polar surface area (TPSA) is 58.2 Å². The highest BCUT2D eigenvalue weighted by Crippen LogP contribution is 2.26. The molecule has 2 aromatic carbocycles. The molecule has 2 amide bonds. The van der Waals surface area contributed by atoms with Crippen LogP contribution in [0.4, 0.5) is 11.4 Å². The van der Waals surface area contributed by atoms with Crippen molar-refractivity contribution in [1.29, 1.82) is 0 Å². The van der Waals surface area contributed by atoms with Gasteiger partial charge in [0, 0.05) is 25.2 Å². The predicted octanol–water partition coefficient (Wildman–Crippen LogP) is 3.49. The van der Waals surface area contributed by atoms with Gasteiger partial charge in [-0.05, 0) is 60.1 Å². The molecule has 24 heavy (non-hydrogen) atoms. The molecule has 0 radical (unpaired) electrons. The summed E-state index contributed by atoms with van der Waals surface area (Å²) in [6.45, 7) is 3.07. The van der Waals surface area contributed by atoms with E-state index in [0.29, 0.717) is 0 Å². The van der Waals surface area contributed by atoms with E-state index < -0.39 is 0 Å². The van der Waals surface area contributed by atoms with E-state index in [1.165, 1.54) is 25.0 Å². The van der Waals surface area contributed by atoms with Gasteiger partial charge in [-0.25, -0.2) is 0 Å². The van der Waals surface area contributed by atoms with Crippen molar-refractivity contribution >= 4 is 23.2 Å². The standard InChI is InChI=1S/C20H22N2O2/c1-13(23)21-19-11-15-3-4-16-6-8-18(10-9-17(19)7-5-15)20(12-16)22-14(2)24/h5-8,11-12H,3-4,9-10H2,1-2H3,(H,21,23)(H,22,24). The Morgan fingerprint density at radius 3 is 1.50 bits per heavy atom. The number of benzene rings is 2. The zero-order chi connectivity index (χ0) is 17.1. The van der Waals surface area contributed by atoms with Crippen LogP contribution in [0.5, 0.6) is 0 Å². The largest absolute Gasteiger partial charge is 0.326 e. The monoisotopic (exact) mass is 322 g/mol. The summed E-state index contributed by atoms with van der Waals surface area (Å²) in [6, 6.07) is 12.7. The number of amides is 2. The van der Waals surface area contributed by atoms with E-state index in [-0.39, 0.29) is 11.8 Å². The Labute approximate surface area is 142 Å².